The Hall–Kier alpha value is -2.01. The molecule has 0 saturated carbocycles. The van der Waals surface area contributed by atoms with Crippen molar-refractivity contribution in [3.63, 3.8) is 0 Å². The summed E-state index contributed by atoms with van der Waals surface area (Å²) in [6.07, 6.45) is 1.06. The zero-order valence-corrected chi connectivity index (χ0v) is 17.1. The van der Waals surface area contributed by atoms with E-state index < -0.39 is 5.91 Å². The Bertz CT molecular complexity index is 720. The quantitative estimate of drug-likeness (QED) is 0.604. The van der Waals surface area contributed by atoms with Gasteiger partial charge in [0.1, 0.15) is 5.83 Å². The molecule has 1 N–H and O–H groups in total. The first-order valence-corrected chi connectivity index (χ1v) is 8.88. The van der Waals surface area contributed by atoms with Crippen molar-refractivity contribution < 1.29 is 18.7 Å². The average Bonchev–Trinajstić information content (AvgIpc) is 2.49. The second kappa shape index (κ2) is 9.62. The first-order valence-electron chi connectivity index (χ1n) is 8.50. The van der Waals surface area contributed by atoms with Gasteiger partial charge in [0, 0.05) is 11.3 Å². The highest BCUT2D eigenvalue weighted by Crippen LogP contribution is 2.38. The maximum atomic E-state index is 13.7. The molecule has 26 heavy (non-hydrogen) atoms. The van der Waals surface area contributed by atoms with Gasteiger partial charge in [-0.3, -0.25) is 4.79 Å². The summed E-state index contributed by atoms with van der Waals surface area (Å²) in [4.78, 5) is 12.5. The molecule has 144 valence electrons. The largest absolute Gasteiger partial charge is 0.487 e. The fourth-order valence-corrected chi connectivity index (χ4v) is 2.27. The fraction of sp³-hybridized carbons (Fsp3) is 0.450. The number of hydrogen-bond acceptors (Lipinski definition) is 3. The molecule has 1 aromatic carbocycles. The summed E-state index contributed by atoms with van der Waals surface area (Å²) in [6.45, 7) is 12.4. The van der Waals surface area contributed by atoms with Crippen molar-refractivity contribution >= 4 is 17.5 Å². The van der Waals surface area contributed by atoms with Crippen molar-refractivity contribution in [2.24, 2.45) is 0 Å². The van der Waals surface area contributed by atoms with Crippen molar-refractivity contribution in [1.29, 1.82) is 0 Å². The molecule has 0 heterocycles. The SMILES string of the molecule is CC(=CC(F)=C(C)C)NC(=O)c1cc(Cl)c(OC(C)C)c(OC(C)C)c1. The van der Waals surface area contributed by atoms with E-state index in [0.717, 1.165) is 0 Å². The lowest BCUT2D eigenvalue weighted by Gasteiger charge is -2.19. The predicted octanol–water partition coefficient (Wildman–Crippen LogP) is 5.81. The van der Waals surface area contributed by atoms with Crippen LogP contribution in [0, 0.1) is 0 Å². The number of hydrogen-bond donors (Lipinski definition) is 1. The zero-order valence-electron chi connectivity index (χ0n) is 16.4. The zero-order chi connectivity index (χ0) is 20.0. The Morgan fingerprint density at radius 1 is 1.12 bits per heavy atom. The Morgan fingerprint density at radius 3 is 2.19 bits per heavy atom. The topological polar surface area (TPSA) is 47.6 Å². The fourth-order valence-electron chi connectivity index (χ4n) is 2.01. The highest BCUT2D eigenvalue weighted by Gasteiger charge is 2.18. The second-order valence-corrected chi connectivity index (χ2v) is 7.16. The van der Waals surface area contributed by atoms with Crippen molar-refractivity contribution in [1.82, 2.24) is 5.32 Å². The van der Waals surface area contributed by atoms with Gasteiger partial charge < -0.3 is 14.8 Å². The summed E-state index contributed by atoms with van der Waals surface area (Å²) in [5.74, 6) is -0.00418. The number of amides is 1. The number of nitrogens with one attached hydrogen (secondary N) is 1. The van der Waals surface area contributed by atoms with Gasteiger partial charge in [-0.1, -0.05) is 11.6 Å². The highest BCUT2D eigenvalue weighted by atomic mass is 35.5. The minimum atomic E-state index is -0.410. The summed E-state index contributed by atoms with van der Waals surface area (Å²) in [5.41, 5.74) is 1.22. The number of halogens is 2. The van der Waals surface area contributed by atoms with E-state index in [9.17, 15) is 9.18 Å². The molecule has 1 aromatic rings. The molecule has 0 saturated heterocycles. The first-order chi connectivity index (χ1) is 12.0. The molecule has 6 heteroatoms. The van der Waals surface area contributed by atoms with E-state index in [2.05, 4.69) is 5.32 Å². The molecule has 0 aliphatic carbocycles. The normalized spacial score (nSPS) is 11.6. The third-order valence-corrected chi connectivity index (χ3v) is 3.40. The summed E-state index contributed by atoms with van der Waals surface area (Å²) in [5, 5.41) is 2.92. The van der Waals surface area contributed by atoms with Crippen LogP contribution in [-0.4, -0.2) is 18.1 Å². The predicted molar refractivity (Wildman–Crippen MR) is 104 cm³/mol. The minimum Gasteiger partial charge on any atom is -0.487 e. The van der Waals surface area contributed by atoms with Gasteiger partial charge in [0.2, 0.25) is 0 Å². The van der Waals surface area contributed by atoms with Crippen LogP contribution in [0.5, 0.6) is 11.5 Å². The first kappa shape index (κ1) is 22.0. The van der Waals surface area contributed by atoms with Crippen LogP contribution < -0.4 is 14.8 Å². The van der Waals surface area contributed by atoms with Crippen molar-refractivity contribution in [2.45, 2.75) is 60.7 Å². The number of allylic oxidation sites excluding steroid dienone is 4. The van der Waals surface area contributed by atoms with Crippen LogP contribution in [0.4, 0.5) is 4.39 Å². The molecule has 4 nitrogen and oxygen atoms in total. The number of benzene rings is 1. The number of carbonyl (C=O) groups excluding carboxylic acids is 1. The lowest BCUT2D eigenvalue weighted by atomic mass is 10.1. The number of carbonyl (C=O) groups is 1. The van der Waals surface area contributed by atoms with E-state index >= 15 is 0 Å². The molecule has 0 aliphatic heterocycles. The van der Waals surface area contributed by atoms with Crippen LogP contribution in [0.3, 0.4) is 0 Å². The second-order valence-electron chi connectivity index (χ2n) is 6.75. The molecular weight excluding hydrogens is 357 g/mol. The third-order valence-electron chi connectivity index (χ3n) is 3.12. The number of rotatable bonds is 7. The molecule has 0 atom stereocenters. The van der Waals surface area contributed by atoms with Gasteiger partial charge in [0.15, 0.2) is 11.5 Å². The lowest BCUT2D eigenvalue weighted by molar-refractivity contribution is 0.0965. The minimum absolute atomic E-state index is 0.0982. The molecule has 1 amide bonds. The number of ether oxygens (including phenoxy) is 2. The lowest BCUT2D eigenvalue weighted by Crippen LogP contribution is -2.22. The Balaban J connectivity index is 3.18. The van der Waals surface area contributed by atoms with Gasteiger partial charge in [-0.15, -0.1) is 0 Å². The van der Waals surface area contributed by atoms with E-state index in [0.29, 0.717) is 28.3 Å². The molecule has 0 fully saturated rings. The summed E-state index contributed by atoms with van der Waals surface area (Å²) < 4.78 is 25.1. The molecule has 0 radical (unpaired) electrons. The van der Waals surface area contributed by atoms with Gasteiger partial charge in [-0.2, -0.15) is 0 Å². The van der Waals surface area contributed by atoms with Crippen LogP contribution in [-0.2, 0) is 0 Å². The summed E-state index contributed by atoms with van der Waals surface area (Å²) in [6, 6.07) is 3.08. The Kier molecular flexibility index (Phi) is 8.15. The maximum Gasteiger partial charge on any atom is 0.255 e. The van der Waals surface area contributed by atoms with Crippen molar-refractivity contribution in [3.8, 4) is 11.5 Å². The van der Waals surface area contributed by atoms with Crippen LogP contribution in [0.1, 0.15) is 58.8 Å². The Morgan fingerprint density at radius 2 is 1.69 bits per heavy atom. The third kappa shape index (κ3) is 6.71. The summed E-state index contributed by atoms with van der Waals surface area (Å²) >= 11 is 6.30. The summed E-state index contributed by atoms with van der Waals surface area (Å²) in [7, 11) is 0. The van der Waals surface area contributed by atoms with E-state index in [1.54, 1.807) is 26.8 Å². The molecule has 0 bridgehead atoms. The van der Waals surface area contributed by atoms with Gasteiger partial charge in [-0.25, -0.2) is 4.39 Å². The molecule has 0 unspecified atom stereocenters. The van der Waals surface area contributed by atoms with Gasteiger partial charge in [0.25, 0.3) is 5.91 Å². The van der Waals surface area contributed by atoms with Crippen molar-refractivity contribution in [2.75, 3.05) is 0 Å². The highest BCUT2D eigenvalue weighted by molar-refractivity contribution is 6.32. The smallest absolute Gasteiger partial charge is 0.255 e. The monoisotopic (exact) mass is 383 g/mol. The van der Waals surface area contributed by atoms with Crippen molar-refractivity contribution in [3.05, 3.63) is 45.9 Å². The Labute approximate surface area is 160 Å². The van der Waals surface area contributed by atoms with E-state index in [1.165, 1.54) is 12.1 Å². The van der Waals surface area contributed by atoms with Crippen LogP contribution in [0.25, 0.3) is 0 Å². The van der Waals surface area contributed by atoms with Gasteiger partial charge >= 0.3 is 0 Å². The van der Waals surface area contributed by atoms with Gasteiger partial charge in [-0.05, 0) is 72.2 Å². The van der Waals surface area contributed by atoms with E-state index in [-0.39, 0.29) is 23.1 Å². The van der Waals surface area contributed by atoms with Gasteiger partial charge in [0.05, 0.1) is 17.2 Å². The molecule has 1 rings (SSSR count). The van der Waals surface area contributed by atoms with Crippen LogP contribution in [0.2, 0.25) is 5.02 Å². The van der Waals surface area contributed by atoms with Crippen LogP contribution >= 0.6 is 11.6 Å². The molecular formula is C20H27ClFNO3. The maximum absolute atomic E-state index is 13.7. The molecule has 0 spiro atoms. The van der Waals surface area contributed by atoms with E-state index in [1.807, 2.05) is 27.7 Å². The van der Waals surface area contributed by atoms with E-state index in [4.69, 9.17) is 21.1 Å². The molecule has 0 aliphatic rings. The molecule has 0 aromatic heterocycles. The standard InChI is InChI=1S/C20H27ClFNO3/c1-11(2)17(22)8-14(7)23-20(24)15-9-16(21)19(26-13(5)6)18(10-15)25-12(3)4/h8-10,12-13H,1-7H3,(H,23,24). The average molecular weight is 384 g/mol. The van der Waals surface area contributed by atoms with Crippen LogP contribution in [0.15, 0.2) is 35.3 Å².